The van der Waals surface area contributed by atoms with Gasteiger partial charge in [-0.3, -0.25) is 14.6 Å². The fourth-order valence-electron chi connectivity index (χ4n) is 3.83. The van der Waals surface area contributed by atoms with Crippen molar-refractivity contribution in [3.8, 4) is 0 Å². The topological polar surface area (TPSA) is 104 Å². The third-order valence-corrected chi connectivity index (χ3v) is 5.38. The van der Waals surface area contributed by atoms with E-state index in [0.29, 0.717) is 42.1 Å². The van der Waals surface area contributed by atoms with E-state index in [1.807, 2.05) is 18.2 Å². The zero-order valence-electron chi connectivity index (χ0n) is 17.7. The molecule has 0 radical (unpaired) electrons. The summed E-state index contributed by atoms with van der Waals surface area (Å²) in [4.78, 5) is 46.9. The van der Waals surface area contributed by atoms with E-state index in [0.717, 1.165) is 18.5 Å². The van der Waals surface area contributed by atoms with Crippen LogP contribution < -0.4 is 5.32 Å². The number of nitrogens with zero attached hydrogens (tertiary/aromatic N) is 2. The molecule has 1 aliphatic heterocycles. The third kappa shape index (κ3) is 4.69. The number of aromatic nitrogens is 2. The predicted octanol–water partition coefficient (Wildman–Crippen LogP) is 2.37. The maximum absolute atomic E-state index is 13.1. The summed E-state index contributed by atoms with van der Waals surface area (Å²) in [6.07, 6.45) is 3.17. The molecule has 8 nitrogen and oxygen atoms in total. The number of hydrogen-bond acceptors (Lipinski definition) is 5. The molecule has 0 aromatic carbocycles. The van der Waals surface area contributed by atoms with Crippen molar-refractivity contribution in [3.05, 3.63) is 52.6 Å². The fraction of sp³-hybridized carbons (Fsp3) is 0.455. The maximum Gasteiger partial charge on any atom is 0.340 e. The molecule has 0 saturated carbocycles. The first-order chi connectivity index (χ1) is 14.4. The quantitative estimate of drug-likeness (QED) is 0.709. The summed E-state index contributed by atoms with van der Waals surface area (Å²) in [5.74, 6) is -0.987. The molecule has 1 aliphatic rings. The zero-order valence-corrected chi connectivity index (χ0v) is 17.7. The van der Waals surface area contributed by atoms with Crippen LogP contribution >= 0.6 is 0 Å². The number of hydrogen-bond donors (Lipinski definition) is 2. The molecule has 30 heavy (non-hydrogen) atoms. The molecule has 160 valence electrons. The highest BCUT2D eigenvalue weighted by atomic mass is 16.5. The maximum atomic E-state index is 13.1. The van der Waals surface area contributed by atoms with Gasteiger partial charge in [-0.05, 0) is 51.3 Å². The molecule has 1 atom stereocenters. The van der Waals surface area contributed by atoms with Crippen molar-refractivity contribution < 1.29 is 19.1 Å². The van der Waals surface area contributed by atoms with Gasteiger partial charge in [-0.25, -0.2) is 4.79 Å². The van der Waals surface area contributed by atoms with Crippen LogP contribution in [-0.4, -0.2) is 52.3 Å². The summed E-state index contributed by atoms with van der Waals surface area (Å²) < 4.78 is 5.10. The molecule has 2 amide bonds. The molecule has 3 heterocycles. The molecule has 0 bridgehead atoms. The van der Waals surface area contributed by atoms with Crippen molar-refractivity contribution in [2.45, 2.75) is 40.2 Å². The van der Waals surface area contributed by atoms with E-state index in [4.69, 9.17) is 4.74 Å². The number of amides is 2. The average Bonchev–Trinajstić information content (AvgIpc) is 3.06. The lowest BCUT2D eigenvalue weighted by molar-refractivity contribution is -0.126. The number of aromatic amines is 1. The molecule has 1 fully saturated rings. The number of rotatable bonds is 6. The van der Waals surface area contributed by atoms with Gasteiger partial charge in [0.05, 0.1) is 30.3 Å². The predicted molar refractivity (Wildman–Crippen MR) is 111 cm³/mol. The van der Waals surface area contributed by atoms with Crippen molar-refractivity contribution in [1.29, 1.82) is 0 Å². The van der Waals surface area contributed by atoms with Gasteiger partial charge in [0.15, 0.2) is 0 Å². The summed E-state index contributed by atoms with van der Waals surface area (Å²) >= 11 is 0. The molecule has 8 heteroatoms. The third-order valence-electron chi connectivity index (χ3n) is 5.38. The minimum absolute atomic E-state index is 0.0789. The standard InChI is InChI=1S/C22H28N4O4/c1-4-30-22(29)18-14(2)19(25-15(18)3)21(28)26-11-7-8-16(13-26)20(27)24-12-17-9-5-6-10-23-17/h5-6,9-10,16,25H,4,7-8,11-13H2,1-3H3,(H,24,27). The number of likely N-dealkylation sites (tertiary alicyclic amines) is 1. The number of esters is 1. The van der Waals surface area contributed by atoms with Crippen LogP contribution in [0.4, 0.5) is 0 Å². The van der Waals surface area contributed by atoms with Crippen molar-refractivity contribution in [1.82, 2.24) is 20.2 Å². The van der Waals surface area contributed by atoms with Crippen LogP contribution in [0.3, 0.4) is 0 Å². The molecule has 1 unspecified atom stereocenters. The number of ether oxygens (including phenoxy) is 1. The highest BCUT2D eigenvalue weighted by molar-refractivity contribution is 6.00. The Bertz CT molecular complexity index is 923. The Balaban J connectivity index is 1.66. The normalized spacial score (nSPS) is 16.2. The van der Waals surface area contributed by atoms with Crippen LogP contribution in [0.2, 0.25) is 0 Å². The Morgan fingerprint density at radius 1 is 1.30 bits per heavy atom. The van der Waals surface area contributed by atoms with Gasteiger partial charge in [-0.15, -0.1) is 0 Å². The molecule has 2 N–H and O–H groups in total. The lowest BCUT2D eigenvalue weighted by atomic mass is 9.96. The number of aryl methyl sites for hydroxylation is 1. The van der Waals surface area contributed by atoms with E-state index in [-0.39, 0.29) is 24.3 Å². The first kappa shape index (κ1) is 21.5. The average molecular weight is 412 g/mol. The molecule has 0 aliphatic carbocycles. The summed E-state index contributed by atoms with van der Waals surface area (Å²) in [5.41, 5.74) is 2.76. The van der Waals surface area contributed by atoms with Crippen LogP contribution in [0, 0.1) is 19.8 Å². The Hall–Kier alpha value is -3.16. The molecule has 0 spiro atoms. The molecule has 2 aromatic heterocycles. The minimum atomic E-state index is -0.437. The van der Waals surface area contributed by atoms with Gasteiger partial charge in [0.25, 0.3) is 5.91 Å². The van der Waals surface area contributed by atoms with E-state index in [2.05, 4.69) is 15.3 Å². The Kier molecular flexibility index (Phi) is 6.87. The largest absolute Gasteiger partial charge is 0.462 e. The van der Waals surface area contributed by atoms with E-state index in [1.54, 1.807) is 31.9 Å². The van der Waals surface area contributed by atoms with Gasteiger partial charge in [-0.1, -0.05) is 6.07 Å². The number of carbonyl (C=O) groups is 3. The van der Waals surface area contributed by atoms with E-state index in [1.165, 1.54) is 0 Å². The van der Waals surface area contributed by atoms with Crippen LogP contribution in [0.15, 0.2) is 24.4 Å². The summed E-state index contributed by atoms with van der Waals surface area (Å²) in [6, 6.07) is 5.56. The highest BCUT2D eigenvalue weighted by Gasteiger charge is 2.31. The summed E-state index contributed by atoms with van der Waals surface area (Å²) in [5, 5.41) is 2.91. The van der Waals surface area contributed by atoms with E-state index in [9.17, 15) is 14.4 Å². The van der Waals surface area contributed by atoms with Crippen LogP contribution in [0.25, 0.3) is 0 Å². The smallest absolute Gasteiger partial charge is 0.340 e. The van der Waals surface area contributed by atoms with Gasteiger partial charge < -0.3 is 19.9 Å². The van der Waals surface area contributed by atoms with Gasteiger partial charge in [0, 0.05) is 25.0 Å². The summed E-state index contributed by atoms with van der Waals surface area (Å²) in [7, 11) is 0. The first-order valence-corrected chi connectivity index (χ1v) is 10.3. The zero-order chi connectivity index (χ0) is 21.7. The van der Waals surface area contributed by atoms with Crippen molar-refractivity contribution in [2.24, 2.45) is 5.92 Å². The second-order valence-corrected chi connectivity index (χ2v) is 7.47. The van der Waals surface area contributed by atoms with Crippen molar-refractivity contribution in [3.63, 3.8) is 0 Å². The van der Waals surface area contributed by atoms with Gasteiger partial charge >= 0.3 is 5.97 Å². The number of carbonyl (C=O) groups excluding carboxylic acids is 3. The molecular weight excluding hydrogens is 384 g/mol. The van der Waals surface area contributed by atoms with Gasteiger partial charge in [0.2, 0.25) is 5.91 Å². The second kappa shape index (κ2) is 9.56. The van der Waals surface area contributed by atoms with Crippen LogP contribution in [0.1, 0.15) is 57.6 Å². The van der Waals surface area contributed by atoms with E-state index >= 15 is 0 Å². The van der Waals surface area contributed by atoms with Crippen LogP contribution in [-0.2, 0) is 16.1 Å². The number of piperidine rings is 1. The SMILES string of the molecule is CCOC(=O)c1c(C)[nH]c(C(=O)N2CCCC(C(=O)NCc3ccccn3)C2)c1C. The van der Waals surface area contributed by atoms with Crippen LogP contribution in [0.5, 0.6) is 0 Å². The fourth-order valence-corrected chi connectivity index (χ4v) is 3.83. The minimum Gasteiger partial charge on any atom is -0.462 e. The lowest BCUT2D eigenvalue weighted by Crippen LogP contribution is -2.45. The highest BCUT2D eigenvalue weighted by Crippen LogP contribution is 2.23. The van der Waals surface area contributed by atoms with Gasteiger partial charge in [-0.2, -0.15) is 0 Å². The van der Waals surface area contributed by atoms with Gasteiger partial charge in [0.1, 0.15) is 5.69 Å². The molecule has 2 aromatic rings. The van der Waals surface area contributed by atoms with Crippen molar-refractivity contribution >= 4 is 17.8 Å². The Morgan fingerprint density at radius 3 is 2.80 bits per heavy atom. The lowest BCUT2D eigenvalue weighted by Gasteiger charge is -2.32. The second-order valence-electron chi connectivity index (χ2n) is 7.47. The van der Waals surface area contributed by atoms with Crippen molar-refractivity contribution in [2.75, 3.05) is 19.7 Å². The Labute approximate surface area is 176 Å². The monoisotopic (exact) mass is 412 g/mol. The van der Waals surface area contributed by atoms with E-state index < -0.39 is 5.97 Å². The summed E-state index contributed by atoms with van der Waals surface area (Å²) in [6.45, 7) is 6.79. The number of pyridine rings is 1. The number of nitrogens with one attached hydrogen (secondary N) is 2. The number of H-pyrrole nitrogens is 1. The first-order valence-electron chi connectivity index (χ1n) is 10.3. The Morgan fingerprint density at radius 2 is 2.10 bits per heavy atom. The molecular formula is C22H28N4O4. The molecule has 1 saturated heterocycles. The molecule has 3 rings (SSSR count).